The molecule has 1 amide bonds. The number of benzene rings is 2. The molecule has 0 saturated heterocycles. The van der Waals surface area contributed by atoms with Crippen LogP contribution < -0.4 is 16.4 Å². The summed E-state index contributed by atoms with van der Waals surface area (Å²) < 4.78 is 2.93. The van der Waals surface area contributed by atoms with Crippen LogP contribution in [0.15, 0.2) is 58.1 Å². The van der Waals surface area contributed by atoms with Gasteiger partial charge in [-0.05, 0) is 38.0 Å². The summed E-state index contributed by atoms with van der Waals surface area (Å²) in [6.45, 7) is 6.43. The van der Waals surface area contributed by atoms with Crippen molar-refractivity contribution >= 4 is 16.9 Å². The van der Waals surface area contributed by atoms with Crippen LogP contribution in [-0.4, -0.2) is 21.1 Å². The number of hydrogen-bond donors (Lipinski definition) is 1. The number of aryl methyl sites for hydroxylation is 2. The summed E-state index contributed by atoms with van der Waals surface area (Å²) in [5, 5.41) is 2.89. The summed E-state index contributed by atoms with van der Waals surface area (Å²) in [7, 11) is 0. The van der Waals surface area contributed by atoms with Gasteiger partial charge in [-0.25, -0.2) is 0 Å². The van der Waals surface area contributed by atoms with Crippen molar-refractivity contribution in [1.29, 1.82) is 0 Å². The second-order valence-corrected chi connectivity index (χ2v) is 7.45. The summed E-state index contributed by atoms with van der Waals surface area (Å²) in [5.74, 6) is -0.126. The molecule has 1 heterocycles. The molecule has 0 unspecified atom stereocenters. The molecule has 0 fully saturated rings. The lowest BCUT2D eigenvalue weighted by Gasteiger charge is -2.16. The molecule has 3 rings (SSSR count). The minimum Gasteiger partial charge on any atom is -0.354 e. The summed E-state index contributed by atoms with van der Waals surface area (Å²) in [6, 6.07) is 15.3. The second-order valence-electron chi connectivity index (χ2n) is 7.45. The van der Waals surface area contributed by atoms with Crippen molar-refractivity contribution in [2.45, 2.75) is 52.7 Å². The van der Waals surface area contributed by atoms with E-state index in [1.54, 1.807) is 0 Å². The van der Waals surface area contributed by atoms with E-state index in [1.165, 1.54) is 9.13 Å². The van der Waals surface area contributed by atoms with Gasteiger partial charge in [-0.2, -0.15) is 0 Å². The highest BCUT2D eigenvalue weighted by Gasteiger charge is 2.14. The van der Waals surface area contributed by atoms with Gasteiger partial charge in [0.1, 0.15) is 0 Å². The van der Waals surface area contributed by atoms with E-state index in [0.717, 1.165) is 17.5 Å². The van der Waals surface area contributed by atoms with Gasteiger partial charge < -0.3 is 9.88 Å². The quantitative estimate of drug-likeness (QED) is 0.628. The van der Waals surface area contributed by atoms with E-state index in [1.807, 2.05) is 69.3 Å². The van der Waals surface area contributed by atoms with Crippen LogP contribution in [0.4, 0.5) is 0 Å². The molecular weight excluding hydrogens is 366 g/mol. The van der Waals surface area contributed by atoms with Gasteiger partial charge in [-0.1, -0.05) is 48.9 Å². The Bertz CT molecular complexity index is 1130. The van der Waals surface area contributed by atoms with Crippen molar-refractivity contribution in [3.8, 4) is 0 Å². The zero-order chi connectivity index (χ0) is 21.0. The molecule has 2 aromatic carbocycles. The Morgan fingerprint density at radius 1 is 0.966 bits per heavy atom. The molecule has 1 atom stereocenters. The van der Waals surface area contributed by atoms with E-state index in [-0.39, 0.29) is 24.9 Å². The second kappa shape index (κ2) is 8.90. The van der Waals surface area contributed by atoms with Gasteiger partial charge >= 0.3 is 11.1 Å². The molecule has 0 bridgehead atoms. The number of hydrogen-bond acceptors (Lipinski definition) is 3. The minimum absolute atomic E-state index is 0.0819. The van der Waals surface area contributed by atoms with Crippen LogP contribution in [0, 0.1) is 6.92 Å². The number of fused-ring (bicyclic) bond motifs is 1. The lowest BCUT2D eigenvalue weighted by atomic mass is 10.1. The Labute approximate surface area is 169 Å². The number of aromatic nitrogens is 2. The molecule has 152 valence electrons. The first-order valence-electron chi connectivity index (χ1n) is 9.98. The van der Waals surface area contributed by atoms with Gasteiger partial charge in [0.2, 0.25) is 5.91 Å². The Morgan fingerprint density at radius 3 is 2.17 bits per heavy atom. The molecule has 0 radical (unpaired) electrons. The fourth-order valence-electron chi connectivity index (χ4n) is 3.29. The maximum Gasteiger partial charge on any atom is 0.317 e. The monoisotopic (exact) mass is 393 g/mol. The van der Waals surface area contributed by atoms with Crippen molar-refractivity contribution in [1.82, 2.24) is 14.5 Å². The lowest BCUT2D eigenvalue weighted by molar-refractivity contribution is -0.121. The van der Waals surface area contributed by atoms with Crippen molar-refractivity contribution in [2.75, 3.05) is 0 Å². The summed E-state index contributed by atoms with van der Waals surface area (Å²) in [4.78, 5) is 37.9. The van der Waals surface area contributed by atoms with Gasteiger partial charge in [0.15, 0.2) is 0 Å². The lowest BCUT2D eigenvalue weighted by Crippen LogP contribution is -2.42. The molecule has 0 aliphatic carbocycles. The average molecular weight is 393 g/mol. The molecule has 6 nitrogen and oxygen atoms in total. The first-order valence-corrected chi connectivity index (χ1v) is 9.98. The number of para-hydroxylation sites is 2. The topological polar surface area (TPSA) is 73.1 Å². The molecule has 3 aromatic rings. The fourth-order valence-corrected chi connectivity index (χ4v) is 3.29. The SMILES string of the molecule is CC[C@H](C)NC(=O)CCn1c(=O)c(=O)n(Cc2ccc(C)cc2)c2ccccc21. The predicted octanol–water partition coefficient (Wildman–Crippen LogP) is 2.82. The van der Waals surface area contributed by atoms with E-state index < -0.39 is 11.1 Å². The number of amides is 1. The maximum atomic E-state index is 12.9. The Balaban J connectivity index is 1.98. The Hall–Kier alpha value is -3.15. The zero-order valence-electron chi connectivity index (χ0n) is 17.1. The first kappa shape index (κ1) is 20.6. The third kappa shape index (κ3) is 4.65. The molecule has 1 N–H and O–H groups in total. The Morgan fingerprint density at radius 2 is 1.55 bits per heavy atom. The molecule has 0 aliphatic heterocycles. The van der Waals surface area contributed by atoms with Crippen molar-refractivity contribution in [3.05, 3.63) is 80.4 Å². The van der Waals surface area contributed by atoms with Crippen molar-refractivity contribution in [3.63, 3.8) is 0 Å². The van der Waals surface area contributed by atoms with Crippen LogP contribution in [0.5, 0.6) is 0 Å². The molecule has 0 aliphatic rings. The van der Waals surface area contributed by atoms with Gasteiger partial charge in [-0.3, -0.25) is 19.0 Å². The number of nitrogens with one attached hydrogen (secondary N) is 1. The minimum atomic E-state index is -0.604. The van der Waals surface area contributed by atoms with Gasteiger partial charge in [0.05, 0.1) is 17.6 Å². The van der Waals surface area contributed by atoms with E-state index in [2.05, 4.69) is 5.32 Å². The van der Waals surface area contributed by atoms with Crippen LogP contribution in [0.3, 0.4) is 0 Å². The van der Waals surface area contributed by atoms with Crippen molar-refractivity contribution in [2.24, 2.45) is 0 Å². The van der Waals surface area contributed by atoms with Crippen LogP contribution in [0.2, 0.25) is 0 Å². The molecule has 0 spiro atoms. The highest BCUT2D eigenvalue weighted by Crippen LogP contribution is 2.13. The van der Waals surface area contributed by atoms with Crippen LogP contribution in [-0.2, 0) is 17.9 Å². The molecule has 6 heteroatoms. The van der Waals surface area contributed by atoms with Crippen LogP contribution >= 0.6 is 0 Å². The first-order chi connectivity index (χ1) is 13.9. The third-order valence-electron chi connectivity index (χ3n) is 5.18. The Kier molecular flexibility index (Phi) is 6.32. The normalized spacial score (nSPS) is 12.1. The van der Waals surface area contributed by atoms with Crippen LogP contribution in [0.25, 0.3) is 11.0 Å². The molecule has 1 aromatic heterocycles. The largest absolute Gasteiger partial charge is 0.354 e. The molecular formula is C23H27N3O3. The van der Waals surface area contributed by atoms with E-state index in [4.69, 9.17) is 0 Å². The summed E-state index contributed by atoms with van der Waals surface area (Å²) in [6.07, 6.45) is 0.985. The van der Waals surface area contributed by atoms with E-state index in [0.29, 0.717) is 17.6 Å². The highest BCUT2D eigenvalue weighted by atomic mass is 16.2. The fraction of sp³-hybridized carbons (Fsp3) is 0.348. The summed E-state index contributed by atoms with van der Waals surface area (Å²) in [5.41, 5.74) is 2.24. The molecule has 29 heavy (non-hydrogen) atoms. The van der Waals surface area contributed by atoms with Crippen LogP contribution in [0.1, 0.15) is 37.8 Å². The number of carbonyl (C=O) groups is 1. The van der Waals surface area contributed by atoms with Gasteiger partial charge in [-0.15, -0.1) is 0 Å². The average Bonchev–Trinajstić information content (AvgIpc) is 2.72. The maximum absolute atomic E-state index is 12.9. The zero-order valence-corrected chi connectivity index (χ0v) is 17.1. The smallest absolute Gasteiger partial charge is 0.317 e. The van der Waals surface area contributed by atoms with E-state index >= 15 is 0 Å². The number of carbonyl (C=O) groups excluding carboxylic acids is 1. The standard InChI is InChI=1S/C23H27N3O3/c1-4-17(3)24-21(27)13-14-25-19-7-5-6-8-20(19)26(23(29)22(25)28)15-18-11-9-16(2)10-12-18/h5-12,17H,4,13-15H2,1-3H3,(H,24,27)/t17-/m0/s1. The van der Waals surface area contributed by atoms with Gasteiger partial charge in [0, 0.05) is 19.0 Å². The number of nitrogens with zero attached hydrogens (tertiary/aromatic N) is 2. The number of rotatable bonds is 7. The van der Waals surface area contributed by atoms with Crippen molar-refractivity contribution < 1.29 is 4.79 Å². The van der Waals surface area contributed by atoms with E-state index in [9.17, 15) is 14.4 Å². The van der Waals surface area contributed by atoms with Gasteiger partial charge in [0.25, 0.3) is 0 Å². The molecule has 0 saturated carbocycles. The third-order valence-corrected chi connectivity index (χ3v) is 5.18. The predicted molar refractivity (Wildman–Crippen MR) is 115 cm³/mol. The summed E-state index contributed by atoms with van der Waals surface area (Å²) >= 11 is 0. The highest BCUT2D eigenvalue weighted by molar-refractivity contribution is 5.77.